The third kappa shape index (κ3) is 3.79. The summed E-state index contributed by atoms with van der Waals surface area (Å²) in [5, 5.41) is 10.4. The van der Waals surface area contributed by atoms with E-state index in [0.29, 0.717) is 12.8 Å². The van der Waals surface area contributed by atoms with Gasteiger partial charge in [-0.25, -0.2) is 9.97 Å². The normalized spacial score (nSPS) is 19.7. The van der Waals surface area contributed by atoms with Crippen LogP contribution in [0.2, 0.25) is 0 Å². The quantitative estimate of drug-likeness (QED) is 0.859. The second kappa shape index (κ2) is 7.69. The van der Waals surface area contributed by atoms with Gasteiger partial charge in [-0.3, -0.25) is 9.69 Å². The van der Waals surface area contributed by atoms with E-state index in [2.05, 4.69) is 23.6 Å². The maximum absolute atomic E-state index is 11.3. The van der Waals surface area contributed by atoms with Crippen molar-refractivity contribution < 1.29 is 14.6 Å². The Hall–Kier alpha value is -1.77. The van der Waals surface area contributed by atoms with E-state index in [9.17, 15) is 9.90 Å². The molecule has 2 aliphatic rings. The Morgan fingerprint density at radius 2 is 1.89 bits per heavy atom. The van der Waals surface area contributed by atoms with E-state index in [1.54, 1.807) is 11.3 Å². The Morgan fingerprint density at radius 3 is 2.56 bits per heavy atom. The van der Waals surface area contributed by atoms with Gasteiger partial charge in [0.15, 0.2) is 0 Å². The number of piperidine rings is 1. The molecule has 1 N–H and O–H groups in total. The van der Waals surface area contributed by atoms with Gasteiger partial charge in [0, 0.05) is 31.1 Å². The first-order valence-corrected chi connectivity index (χ1v) is 10.4. The molecule has 27 heavy (non-hydrogen) atoms. The molecule has 7 nitrogen and oxygen atoms in total. The lowest BCUT2D eigenvalue weighted by molar-refractivity contribution is -0.142. The second-order valence-corrected chi connectivity index (χ2v) is 8.62. The lowest BCUT2D eigenvalue weighted by Crippen LogP contribution is -2.38. The molecule has 146 valence electrons. The largest absolute Gasteiger partial charge is 0.481 e. The van der Waals surface area contributed by atoms with Gasteiger partial charge in [0.05, 0.1) is 31.1 Å². The molecule has 2 aromatic rings. The van der Waals surface area contributed by atoms with Gasteiger partial charge in [0.2, 0.25) is 0 Å². The summed E-state index contributed by atoms with van der Waals surface area (Å²) >= 11 is 1.72. The Kier molecular flexibility index (Phi) is 5.29. The highest BCUT2D eigenvalue weighted by Gasteiger charge is 2.28. The fourth-order valence-corrected chi connectivity index (χ4v) is 4.91. The van der Waals surface area contributed by atoms with Crippen molar-refractivity contribution in [2.24, 2.45) is 5.92 Å². The first-order chi connectivity index (χ1) is 13.0. The van der Waals surface area contributed by atoms with E-state index in [-0.39, 0.29) is 5.92 Å². The number of hydrogen-bond acceptors (Lipinski definition) is 7. The smallest absolute Gasteiger partial charge is 0.306 e. The number of hydrogen-bond donors (Lipinski definition) is 1. The molecule has 4 rings (SSSR count). The molecule has 0 aliphatic carbocycles. The van der Waals surface area contributed by atoms with Crippen molar-refractivity contribution in [1.29, 1.82) is 0 Å². The summed E-state index contributed by atoms with van der Waals surface area (Å²) in [5.41, 5.74) is 1.24. The van der Waals surface area contributed by atoms with Crippen molar-refractivity contribution in [1.82, 2.24) is 14.9 Å². The first kappa shape index (κ1) is 18.6. The molecule has 0 atom stereocenters. The number of rotatable bonds is 4. The number of ether oxygens (including phenoxy) is 1. The number of anilines is 1. The topological polar surface area (TPSA) is 78.8 Å². The Labute approximate surface area is 163 Å². The van der Waals surface area contributed by atoms with Gasteiger partial charge in [0.25, 0.3) is 0 Å². The molecule has 0 spiro atoms. The van der Waals surface area contributed by atoms with E-state index in [1.165, 1.54) is 10.4 Å². The van der Waals surface area contributed by atoms with Crippen LogP contribution in [0.3, 0.4) is 0 Å². The van der Waals surface area contributed by atoms with Crippen LogP contribution in [0.15, 0.2) is 0 Å². The summed E-state index contributed by atoms with van der Waals surface area (Å²) in [7, 11) is 0. The van der Waals surface area contributed by atoms with Crippen LogP contribution < -0.4 is 4.90 Å². The molecular formula is C19H26N4O3S. The molecule has 2 aromatic heterocycles. The minimum Gasteiger partial charge on any atom is -0.481 e. The Morgan fingerprint density at radius 1 is 1.19 bits per heavy atom. The lowest BCUT2D eigenvalue weighted by atomic mass is 9.97. The van der Waals surface area contributed by atoms with Crippen molar-refractivity contribution in [2.75, 3.05) is 44.3 Å². The monoisotopic (exact) mass is 390 g/mol. The zero-order valence-corrected chi connectivity index (χ0v) is 16.7. The minimum atomic E-state index is -0.682. The van der Waals surface area contributed by atoms with Gasteiger partial charge in [-0.2, -0.15) is 0 Å². The highest BCUT2D eigenvalue weighted by molar-refractivity contribution is 7.18. The van der Waals surface area contributed by atoms with Crippen LogP contribution >= 0.6 is 11.3 Å². The summed E-state index contributed by atoms with van der Waals surface area (Å²) in [6, 6.07) is 0. The Balaban J connectivity index is 1.65. The van der Waals surface area contributed by atoms with Gasteiger partial charge in [-0.05, 0) is 32.3 Å². The van der Waals surface area contributed by atoms with E-state index in [1.807, 2.05) is 0 Å². The molecule has 0 saturated carbocycles. The zero-order chi connectivity index (χ0) is 19.0. The van der Waals surface area contributed by atoms with Gasteiger partial charge in [0.1, 0.15) is 16.5 Å². The Bertz CT molecular complexity index is 839. The molecule has 2 fully saturated rings. The predicted molar refractivity (Wildman–Crippen MR) is 106 cm³/mol. The molecule has 4 heterocycles. The van der Waals surface area contributed by atoms with Crippen LogP contribution in [0.4, 0.5) is 5.82 Å². The zero-order valence-electron chi connectivity index (χ0n) is 15.9. The number of aromatic nitrogens is 2. The van der Waals surface area contributed by atoms with Crippen LogP contribution in [-0.2, 0) is 16.1 Å². The van der Waals surface area contributed by atoms with Gasteiger partial charge < -0.3 is 14.7 Å². The summed E-state index contributed by atoms with van der Waals surface area (Å²) in [5.74, 6) is 0.907. The minimum absolute atomic E-state index is 0.239. The van der Waals surface area contributed by atoms with Gasteiger partial charge in [-0.1, -0.05) is 0 Å². The van der Waals surface area contributed by atoms with Gasteiger partial charge >= 0.3 is 5.97 Å². The average molecular weight is 391 g/mol. The number of thiophene rings is 1. The average Bonchev–Trinajstić information content (AvgIpc) is 2.96. The van der Waals surface area contributed by atoms with E-state index in [4.69, 9.17) is 14.7 Å². The maximum Gasteiger partial charge on any atom is 0.306 e. The van der Waals surface area contributed by atoms with Crippen LogP contribution in [0.5, 0.6) is 0 Å². The van der Waals surface area contributed by atoms with Crippen molar-refractivity contribution in [3.8, 4) is 0 Å². The number of fused-ring (bicyclic) bond motifs is 1. The summed E-state index contributed by atoms with van der Waals surface area (Å²) in [6.45, 7) is 9.78. The number of carboxylic acids is 1. The van der Waals surface area contributed by atoms with Crippen molar-refractivity contribution in [2.45, 2.75) is 33.2 Å². The SMILES string of the molecule is Cc1sc2nc(CN3CCOCC3)nc(N3CCC(C(=O)O)CC3)c2c1C. The molecule has 2 aliphatic heterocycles. The molecule has 0 aromatic carbocycles. The predicted octanol–water partition coefficient (Wildman–Crippen LogP) is 2.44. The number of aryl methyl sites for hydroxylation is 2. The fraction of sp³-hybridized carbons (Fsp3) is 0.632. The molecule has 0 amide bonds. The van der Waals surface area contributed by atoms with Crippen molar-refractivity contribution in [3.63, 3.8) is 0 Å². The first-order valence-electron chi connectivity index (χ1n) is 9.57. The number of carboxylic acid groups (broad SMARTS) is 1. The van der Waals surface area contributed by atoms with Crippen molar-refractivity contribution >= 4 is 33.3 Å². The number of aliphatic carboxylic acids is 1. The molecule has 0 bridgehead atoms. The third-order valence-electron chi connectivity index (χ3n) is 5.67. The standard InChI is InChI=1S/C19H26N4O3S/c1-12-13(2)27-18-16(12)17(23-5-3-14(4-6-23)19(24)25)20-15(21-18)11-22-7-9-26-10-8-22/h14H,3-11H2,1-2H3,(H,24,25). The van der Waals surface area contributed by atoms with Crippen LogP contribution in [-0.4, -0.2) is 65.3 Å². The number of carbonyl (C=O) groups is 1. The highest BCUT2D eigenvalue weighted by atomic mass is 32.1. The van der Waals surface area contributed by atoms with Crippen LogP contribution in [0.1, 0.15) is 29.1 Å². The number of morpholine rings is 1. The van der Waals surface area contributed by atoms with Gasteiger partial charge in [-0.15, -0.1) is 11.3 Å². The van der Waals surface area contributed by atoms with E-state index >= 15 is 0 Å². The summed E-state index contributed by atoms with van der Waals surface area (Å²) in [4.78, 5) is 28.0. The second-order valence-electron chi connectivity index (χ2n) is 7.41. The molecule has 0 radical (unpaired) electrons. The maximum atomic E-state index is 11.3. The molecule has 2 saturated heterocycles. The molecule has 0 unspecified atom stereocenters. The van der Waals surface area contributed by atoms with Crippen molar-refractivity contribution in [3.05, 3.63) is 16.3 Å². The molecule has 8 heteroatoms. The molecular weight excluding hydrogens is 364 g/mol. The van der Waals surface area contributed by atoms with E-state index in [0.717, 1.165) is 67.8 Å². The van der Waals surface area contributed by atoms with Crippen LogP contribution in [0.25, 0.3) is 10.2 Å². The van der Waals surface area contributed by atoms with Crippen LogP contribution in [0, 0.1) is 19.8 Å². The highest BCUT2D eigenvalue weighted by Crippen LogP contribution is 2.36. The third-order valence-corrected chi connectivity index (χ3v) is 6.77. The summed E-state index contributed by atoms with van der Waals surface area (Å²) in [6.07, 6.45) is 1.34. The van der Waals surface area contributed by atoms with E-state index < -0.39 is 5.97 Å². The summed E-state index contributed by atoms with van der Waals surface area (Å²) < 4.78 is 5.44. The lowest BCUT2D eigenvalue weighted by Gasteiger charge is -2.32. The fourth-order valence-electron chi connectivity index (χ4n) is 3.87. The number of nitrogens with zero attached hydrogens (tertiary/aromatic N) is 4.